The van der Waals surface area contributed by atoms with Gasteiger partial charge in [0.15, 0.2) is 23.1 Å². The van der Waals surface area contributed by atoms with Gasteiger partial charge in [-0.25, -0.2) is 26.3 Å². The van der Waals surface area contributed by atoms with Crippen molar-refractivity contribution in [3.63, 3.8) is 0 Å². The summed E-state index contributed by atoms with van der Waals surface area (Å²) in [7, 11) is -6.31. The van der Waals surface area contributed by atoms with Gasteiger partial charge in [0.05, 0.1) is 54.8 Å². The van der Waals surface area contributed by atoms with Crippen LogP contribution in [0, 0.1) is 83.1 Å². The van der Waals surface area contributed by atoms with E-state index in [0.717, 1.165) is 44.8 Å². The van der Waals surface area contributed by atoms with Crippen molar-refractivity contribution < 1.29 is 45.9 Å². The molecule has 0 heterocycles. The Morgan fingerprint density at radius 1 is 0.378 bits per heavy atom. The zero-order chi connectivity index (χ0) is 65.3. The number of carbonyl (C=O) groups excluding carboxylic acids is 4. The molecule has 7 N–H and O–H groups in total. The van der Waals surface area contributed by atoms with Gasteiger partial charge in [0.1, 0.15) is 0 Å². The highest BCUT2D eigenvalue weighted by Gasteiger charge is 2.37. The van der Waals surface area contributed by atoms with Gasteiger partial charge in [-0.3, -0.25) is 19.2 Å². The maximum absolute atomic E-state index is 14.4. The molecule has 90 heavy (non-hydrogen) atoms. The molecule has 468 valence electrons. The van der Waals surface area contributed by atoms with Crippen LogP contribution < -0.4 is 30.7 Å². The molecule has 2 aliphatic rings. The van der Waals surface area contributed by atoms with Crippen LogP contribution in [0.2, 0.25) is 0 Å². The molecule has 0 radical (unpaired) electrons. The van der Waals surface area contributed by atoms with Crippen molar-refractivity contribution >= 4 is 88.7 Å². The number of anilines is 8. The molecule has 0 amide bonds. The van der Waals surface area contributed by atoms with Crippen LogP contribution in [-0.4, -0.2) is 78.5 Å². The summed E-state index contributed by atoms with van der Waals surface area (Å²) >= 11 is 0. The fraction of sp³-hybridized carbons (Fsp3) is 0.278. The second kappa shape index (κ2) is 26.8. The summed E-state index contributed by atoms with van der Waals surface area (Å²) in [5.41, 5.74) is 17.3. The Labute approximate surface area is 528 Å². The first-order valence-electron chi connectivity index (χ1n) is 30.0. The topological polar surface area (TPSA) is 238 Å². The van der Waals surface area contributed by atoms with Crippen LogP contribution in [0.1, 0.15) is 150 Å². The molecule has 0 atom stereocenters. The monoisotopic (exact) mass is 1250 g/mol. The molecule has 0 fully saturated rings. The highest BCUT2D eigenvalue weighted by atomic mass is 32.2. The molecular formula is C72H78N6O10S2. The van der Waals surface area contributed by atoms with E-state index in [1.807, 2.05) is 26.0 Å². The first kappa shape index (κ1) is 65.8. The number of rotatable bonds is 20. The van der Waals surface area contributed by atoms with Gasteiger partial charge in [-0.2, -0.15) is 0 Å². The van der Waals surface area contributed by atoms with Crippen LogP contribution in [-0.2, 0) is 24.8 Å². The van der Waals surface area contributed by atoms with Gasteiger partial charge in [0, 0.05) is 78.4 Å². The number of hydrogen-bond donors (Lipinski definition) is 7. The lowest BCUT2D eigenvalue weighted by atomic mass is 9.82. The molecule has 8 aromatic carbocycles. The number of unbranched alkanes of at least 4 members (excludes halogenated alkanes) is 1. The van der Waals surface area contributed by atoms with Crippen LogP contribution in [0.15, 0.2) is 119 Å². The molecule has 16 nitrogen and oxygen atoms in total. The third-order valence-electron chi connectivity index (χ3n) is 16.6. The van der Waals surface area contributed by atoms with E-state index >= 15 is 0 Å². The largest absolute Gasteiger partial charge is 0.396 e. The van der Waals surface area contributed by atoms with Gasteiger partial charge >= 0.3 is 0 Å². The molecule has 18 heteroatoms. The van der Waals surface area contributed by atoms with Crippen molar-refractivity contribution in [2.24, 2.45) is 0 Å². The van der Waals surface area contributed by atoms with Gasteiger partial charge in [0.25, 0.3) is 0 Å². The molecular weight excluding hydrogens is 1170 g/mol. The minimum atomic E-state index is -3.94. The molecule has 0 aliphatic heterocycles. The van der Waals surface area contributed by atoms with E-state index in [1.165, 1.54) is 11.1 Å². The molecule has 0 bridgehead atoms. The Kier molecular flexibility index (Phi) is 19.6. The molecule has 0 spiro atoms. The first-order valence-corrected chi connectivity index (χ1v) is 32.9. The molecule has 10 rings (SSSR count). The van der Waals surface area contributed by atoms with E-state index < -0.39 is 31.6 Å². The fourth-order valence-electron chi connectivity index (χ4n) is 12.7. The van der Waals surface area contributed by atoms with E-state index in [9.17, 15) is 36.0 Å². The lowest BCUT2D eigenvalue weighted by molar-refractivity contribution is 0.0980. The number of hydrogen-bond acceptors (Lipinski definition) is 14. The maximum atomic E-state index is 14.4. The predicted molar refractivity (Wildman–Crippen MR) is 358 cm³/mol. The second-order valence-corrected chi connectivity index (χ2v) is 26.9. The van der Waals surface area contributed by atoms with Crippen molar-refractivity contribution in [3.05, 3.63) is 220 Å². The first-order chi connectivity index (χ1) is 42.7. The van der Waals surface area contributed by atoms with E-state index in [1.54, 1.807) is 108 Å². The zero-order valence-electron chi connectivity index (χ0n) is 53.3. The van der Waals surface area contributed by atoms with Gasteiger partial charge in [-0.05, 0) is 182 Å². The number of benzene rings is 8. The SMILES string of the molecule is COCCCNS(=O)(=O)c1c(C)cc(C)c(Nc2ccc(Nc3c(C)cc(C)c(S(=O)(=O)NCCCCO)c3C)c3c2C(=O)c2ccccc2C3=O)c1C.Cc1cc(C)c(Nc2ccc(Nc3c(C)cc(C)cc3C)c3c2C(=O)c2ccccc2C3=O)c(C)c1. The lowest BCUT2D eigenvalue weighted by Crippen LogP contribution is -2.27. The summed E-state index contributed by atoms with van der Waals surface area (Å²) in [4.78, 5) is 56.6. The molecule has 0 saturated heterocycles. The van der Waals surface area contributed by atoms with Crippen molar-refractivity contribution in [2.75, 3.05) is 54.7 Å². The molecule has 0 saturated carbocycles. The molecule has 0 unspecified atom stereocenters. The number of ether oxygens (including phenoxy) is 1. The maximum Gasteiger partial charge on any atom is 0.241 e. The Bertz CT molecular complexity index is 4170. The van der Waals surface area contributed by atoms with Gasteiger partial charge in [-0.15, -0.1) is 0 Å². The number of ketones is 4. The standard InChI is InChI=1S/C40H48N4O8S2.C32H30N2O2/c1-23-21-25(3)39(53(48,49)41-17-10-11-19-45)27(5)35(23)43-31-15-16-32(34-33(31)37(46)29-13-8-9-14-30(29)38(34)47)44-36-24(2)22-26(4)40(28(36)6)54(50,51)42-18-12-20-52-7;1-17-13-19(3)29(20(4)14-17)33-25-11-12-26(34-30-21(5)15-18(2)16-22(30)6)28-27(25)31(35)23-9-7-8-10-24(23)32(28)36/h8-9,13-16,21-22,41-45H,10-12,17-20H2,1-7H3;7-16,33-34H,1-6H3. The fourth-order valence-corrected chi connectivity index (χ4v) is 15.8. The Balaban J connectivity index is 0.000000230. The van der Waals surface area contributed by atoms with Crippen LogP contribution in [0.4, 0.5) is 45.5 Å². The smallest absolute Gasteiger partial charge is 0.241 e. The Morgan fingerprint density at radius 2 is 0.667 bits per heavy atom. The van der Waals surface area contributed by atoms with Crippen molar-refractivity contribution in [1.82, 2.24) is 9.44 Å². The third kappa shape index (κ3) is 13.0. The molecule has 2 aliphatic carbocycles. The van der Waals surface area contributed by atoms with Gasteiger partial charge < -0.3 is 31.1 Å². The van der Waals surface area contributed by atoms with Crippen LogP contribution in [0.5, 0.6) is 0 Å². The van der Waals surface area contributed by atoms with Gasteiger partial charge in [-0.1, -0.05) is 96.1 Å². The van der Waals surface area contributed by atoms with Crippen LogP contribution in [0.25, 0.3) is 0 Å². The molecule has 8 aromatic rings. The van der Waals surface area contributed by atoms with Crippen molar-refractivity contribution in [3.8, 4) is 0 Å². The average molecular weight is 1250 g/mol. The van der Waals surface area contributed by atoms with E-state index in [2.05, 4.69) is 96.5 Å². The highest BCUT2D eigenvalue weighted by Crippen LogP contribution is 2.44. The number of carbonyl (C=O) groups is 4. The number of sulfonamides is 2. The number of aliphatic hydroxyl groups is 1. The number of aryl methyl sites for hydroxylation is 10. The second-order valence-electron chi connectivity index (χ2n) is 23.5. The summed E-state index contributed by atoms with van der Waals surface area (Å²) in [5.74, 6) is -1.08. The number of fused-ring (bicyclic) bond motifs is 4. The van der Waals surface area contributed by atoms with Gasteiger partial charge in [0.2, 0.25) is 20.0 Å². The summed E-state index contributed by atoms with van der Waals surface area (Å²) in [6.07, 6.45) is 1.43. The predicted octanol–water partition coefficient (Wildman–Crippen LogP) is 14.0. The highest BCUT2D eigenvalue weighted by molar-refractivity contribution is 7.90. The number of methoxy groups -OCH3 is 1. The van der Waals surface area contributed by atoms with Crippen molar-refractivity contribution in [2.45, 2.75) is 112 Å². The number of nitrogens with one attached hydrogen (secondary N) is 6. The Hall–Kier alpha value is -8.62. The van der Waals surface area contributed by atoms with E-state index in [0.29, 0.717) is 105 Å². The third-order valence-corrected chi connectivity index (χ3v) is 20.1. The van der Waals surface area contributed by atoms with Crippen LogP contribution >= 0.6 is 0 Å². The van der Waals surface area contributed by atoms with Crippen molar-refractivity contribution in [1.29, 1.82) is 0 Å². The zero-order valence-corrected chi connectivity index (χ0v) is 54.9. The summed E-state index contributed by atoms with van der Waals surface area (Å²) in [6.45, 7) is 23.6. The average Bonchev–Trinajstić information content (AvgIpc) is 0.750. The summed E-state index contributed by atoms with van der Waals surface area (Å²) < 4.78 is 64.5. The quantitative estimate of drug-likeness (QED) is 0.0352. The minimum absolute atomic E-state index is 0.0386. The number of aliphatic hydroxyl groups excluding tert-OH is 1. The molecule has 0 aromatic heterocycles. The van der Waals surface area contributed by atoms with E-state index in [-0.39, 0.29) is 63.3 Å². The van der Waals surface area contributed by atoms with Crippen LogP contribution in [0.3, 0.4) is 0 Å². The van der Waals surface area contributed by atoms with E-state index in [4.69, 9.17) is 9.84 Å². The normalized spacial score (nSPS) is 12.6. The minimum Gasteiger partial charge on any atom is -0.396 e. The summed E-state index contributed by atoms with van der Waals surface area (Å²) in [6, 6.07) is 32.8. The Morgan fingerprint density at radius 3 is 0.967 bits per heavy atom. The summed E-state index contributed by atoms with van der Waals surface area (Å²) in [5, 5.41) is 22.8. The lowest BCUT2D eigenvalue weighted by Gasteiger charge is -2.26.